The van der Waals surface area contributed by atoms with Crippen molar-refractivity contribution in [2.75, 3.05) is 13.1 Å². The zero-order chi connectivity index (χ0) is 18.5. The van der Waals surface area contributed by atoms with Gasteiger partial charge in [-0.25, -0.2) is 0 Å². The number of nitrogens with zero attached hydrogens (tertiary/aromatic N) is 3. The molecule has 0 radical (unpaired) electrons. The molecule has 0 aliphatic carbocycles. The minimum absolute atomic E-state index is 0.141. The fraction of sp³-hybridized carbons (Fsp3) is 0.353. The Morgan fingerprint density at radius 1 is 1.27 bits per heavy atom. The molecule has 136 valence electrons. The number of amides is 3. The van der Waals surface area contributed by atoms with Crippen molar-refractivity contribution in [1.29, 1.82) is 0 Å². The summed E-state index contributed by atoms with van der Waals surface area (Å²) >= 11 is 0. The predicted molar refractivity (Wildman–Crippen MR) is 90.1 cm³/mol. The summed E-state index contributed by atoms with van der Waals surface area (Å²) in [5.41, 5.74) is 0.820. The quantitative estimate of drug-likeness (QED) is 0.790. The Bertz CT molecular complexity index is 778. The topological polar surface area (TPSA) is 117 Å². The first-order valence-corrected chi connectivity index (χ1v) is 8.24. The van der Waals surface area contributed by atoms with Crippen molar-refractivity contribution in [1.82, 2.24) is 25.7 Å². The fourth-order valence-corrected chi connectivity index (χ4v) is 2.73. The Balaban J connectivity index is 1.49. The fourth-order valence-electron chi connectivity index (χ4n) is 2.73. The third kappa shape index (κ3) is 4.05. The monoisotopic (exact) mass is 357 g/mol. The highest BCUT2D eigenvalue weighted by molar-refractivity contribution is 5.97. The van der Waals surface area contributed by atoms with Gasteiger partial charge in [-0.05, 0) is 25.5 Å². The van der Waals surface area contributed by atoms with Gasteiger partial charge in [0, 0.05) is 19.1 Å². The largest absolute Gasteiger partial charge is 0.472 e. The minimum Gasteiger partial charge on any atom is -0.472 e. The van der Waals surface area contributed by atoms with Gasteiger partial charge in [0.05, 0.1) is 29.8 Å². The lowest BCUT2D eigenvalue weighted by atomic mass is 10.2. The molecule has 2 atom stereocenters. The van der Waals surface area contributed by atoms with Gasteiger partial charge in [-0.1, -0.05) is 0 Å². The van der Waals surface area contributed by atoms with Gasteiger partial charge >= 0.3 is 0 Å². The third-order valence-electron chi connectivity index (χ3n) is 4.18. The van der Waals surface area contributed by atoms with Crippen LogP contribution in [-0.2, 0) is 4.79 Å². The Kier molecular flexibility index (Phi) is 5.26. The Labute approximate surface area is 149 Å². The van der Waals surface area contributed by atoms with E-state index < -0.39 is 6.04 Å². The van der Waals surface area contributed by atoms with Crippen LogP contribution in [0.2, 0.25) is 0 Å². The highest BCUT2D eigenvalue weighted by Crippen LogP contribution is 2.13. The van der Waals surface area contributed by atoms with Crippen LogP contribution < -0.4 is 10.6 Å². The standard InChI is InChI=1S/C17H19N5O4/c1-11(20-16(24)13-4-7-26-10-13)15(23)21-14-3-6-22(9-14)17(25)12-2-5-18-19-8-12/h2,4-5,7-8,10-11,14H,3,6,9H2,1H3,(H,20,24)(H,21,23). The van der Waals surface area contributed by atoms with Crippen molar-refractivity contribution >= 4 is 17.7 Å². The molecule has 3 heterocycles. The number of carbonyl (C=O) groups excluding carboxylic acids is 3. The molecule has 0 saturated carbocycles. The Morgan fingerprint density at radius 3 is 2.81 bits per heavy atom. The van der Waals surface area contributed by atoms with Crippen LogP contribution in [0.3, 0.4) is 0 Å². The second-order valence-electron chi connectivity index (χ2n) is 6.08. The molecule has 2 N–H and O–H groups in total. The van der Waals surface area contributed by atoms with Gasteiger partial charge in [0.2, 0.25) is 5.91 Å². The zero-order valence-corrected chi connectivity index (χ0v) is 14.2. The SMILES string of the molecule is CC(NC(=O)c1ccoc1)C(=O)NC1CCN(C(=O)c2ccnnc2)C1. The number of nitrogens with one attached hydrogen (secondary N) is 2. The van der Waals surface area contributed by atoms with Gasteiger partial charge < -0.3 is 20.0 Å². The average molecular weight is 357 g/mol. The van der Waals surface area contributed by atoms with E-state index in [2.05, 4.69) is 20.8 Å². The van der Waals surface area contributed by atoms with Gasteiger partial charge in [-0.3, -0.25) is 14.4 Å². The van der Waals surface area contributed by atoms with E-state index in [1.807, 2.05) is 0 Å². The number of likely N-dealkylation sites (tertiary alicyclic amines) is 1. The van der Waals surface area contributed by atoms with Gasteiger partial charge in [0.25, 0.3) is 11.8 Å². The van der Waals surface area contributed by atoms with Crippen LogP contribution in [-0.4, -0.2) is 58.0 Å². The maximum absolute atomic E-state index is 12.4. The Hall–Kier alpha value is -3.23. The molecule has 0 spiro atoms. The Morgan fingerprint density at radius 2 is 2.12 bits per heavy atom. The highest BCUT2D eigenvalue weighted by Gasteiger charge is 2.29. The van der Waals surface area contributed by atoms with Crippen molar-refractivity contribution in [2.45, 2.75) is 25.4 Å². The van der Waals surface area contributed by atoms with Crippen molar-refractivity contribution < 1.29 is 18.8 Å². The lowest BCUT2D eigenvalue weighted by Crippen LogP contribution is -2.48. The van der Waals surface area contributed by atoms with Crippen LogP contribution in [0.15, 0.2) is 41.5 Å². The van der Waals surface area contributed by atoms with Gasteiger partial charge in [-0.15, -0.1) is 0 Å². The first kappa shape index (κ1) is 17.6. The van der Waals surface area contributed by atoms with Gasteiger partial charge in [0.15, 0.2) is 0 Å². The lowest BCUT2D eigenvalue weighted by molar-refractivity contribution is -0.123. The van der Waals surface area contributed by atoms with Crippen molar-refractivity contribution in [3.63, 3.8) is 0 Å². The minimum atomic E-state index is -0.702. The molecular weight excluding hydrogens is 338 g/mol. The molecule has 2 aromatic rings. The van der Waals surface area contributed by atoms with Crippen molar-refractivity contribution in [3.05, 3.63) is 48.2 Å². The first-order valence-electron chi connectivity index (χ1n) is 8.24. The molecule has 26 heavy (non-hydrogen) atoms. The summed E-state index contributed by atoms with van der Waals surface area (Å²) in [6, 6.07) is 2.27. The molecular formula is C17H19N5O4. The van der Waals surface area contributed by atoms with Crippen LogP contribution in [0, 0.1) is 0 Å². The molecule has 0 bridgehead atoms. The molecule has 0 aromatic carbocycles. The maximum atomic E-state index is 12.4. The highest BCUT2D eigenvalue weighted by atomic mass is 16.3. The number of aromatic nitrogens is 2. The summed E-state index contributed by atoms with van der Waals surface area (Å²) in [6.07, 6.45) is 6.24. The zero-order valence-electron chi connectivity index (χ0n) is 14.2. The summed E-state index contributed by atoms with van der Waals surface area (Å²) < 4.78 is 4.85. The molecule has 1 saturated heterocycles. The number of furan rings is 1. The molecule has 1 fully saturated rings. The number of rotatable bonds is 5. The lowest BCUT2D eigenvalue weighted by Gasteiger charge is -2.19. The summed E-state index contributed by atoms with van der Waals surface area (Å²) in [4.78, 5) is 38.3. The third-order valence-corrected chi connectivity index (χ3v) is 4.18. The van der Waals surface area contributed by atoms with Crippen molar-refractivity contribution in [3.8, 4) is 0 Å². The summed E-state index contributed by atoms with van der Waals surface area (Å²) in [6.45, 7) is 2.56. The van der Waals surface area contributed by atoms with E-state index in [-0.39, 0.29) is 23.8 Å². The molecule has 2 aromatic heterocycles. The second-order valence-corrected chi connectivity index (χ2v) is 6.08. The average Bonchev–Trinajstić information content (AvgIpc) is 3.34. The second kappa shape index (κ2) is 7.77. The van der Waals surface area contributed by atoms with Crippen LogP contribution in [0.1, 0.15) is 34.1 Å². The van der Waals surface area contributed by atoms with Crippen LogP contribution in [0.5, 0.6) is 0 Å². The number of carbonyl (C=O) groups is 3. The molecule has 3 rings (SSSR count). The van der Waals surface area contributed by atoms with Crippen LogP contribution >= 0.6 is 0 Å². The number of hydrogen-bond acceptors (Lipinski definition) is 6. The first-order chi connectivity index (χ1) is 12.5. The predicted octanol–water partition coefficient (Wildman–Crippen LogP) is 0.219. The van der Waals surface area contributed by atoms with E-state index >= 15 is 0 Å². The van der Waals surface area contributed by atoms with E-state index in [4.69, 9.17) is 4.42 Å². The molecule has 9 heteroatoms. The van der Waals surface area contributed by atoms with Crippen molar-refractivity contribution in [2.24, 2.45) is 0 Å². The molecule has 1 aliphatic heterocycles. The molecule has 3 amide bonds. The van der Waals surface area contributed by atoms with E-state index in [1.54, 1.807) is 17.9 Å². The van der Waals surface area contributed by atoms with E-state index in [0.717, 1.165) is 0 Å². The summed E-state index contributed by atoms with van der Waals surface area (Å²) in [5, 5.41) is 12.8. The number of hydrogen-bond donors (Lipinski definition) is 2. The van der Waals surface area contributed by atoms with E-state index in [9.17, 15) is 14.4 Å². The van der Waals surface area contributed by atoms with Gasteiger partial charge in [0.1, 0.15) is 12.3 Å². The normalized spacial score (nSPS) is 17.6. The smallest absolute Gasteiger partial charge is 0.255 e. The van der Waals surface area contributed by atoms with E-state index in [0.29, 0.717) is 30.6 Å². The maximum Gasteiger partial charge on any atom is 0.255 e. The summed E-state index contributed by atoms with van der Waals surface area (Å²) in [5.74, 6) is -0.820. The van der Waals surface area contributed by atoms with Crippen LogP contribution in [0.4, 0.5) is 0 Å². The van der Waals surface area contributed by atoms with E-state index in [1.165, 1.54) is 31.0 Å². The van der Waals surface area contributed by atoms with Gasteiger partial charge in [-0.2, -0.15) is 10.2 Å². The summed E-state index contributed by atoms with van der Waals surface area (Å²) in [7, 11) is 0. The van der Waals surface area contributed by atoms with Crippen LogP contribution in [0.25, 0.3) is 0 Å². The molecule has 2 unspecified atom stereocenters. The molecule has 1 aliphatic rings. The molecule has 9 nitrogen and oxygen atoms in total.